The number of amides is 2. The predicted molar refractivity (Wildman–Crippen MR) is 65.2 cm³/mol. The molecule has 1 aliphatic carbocycles. The van der Waals surface area contributed by atoms with Crippen LogP contribution in [0.2, 0.25) is 0 Å². The van der Waals surface area contributed by atoms with E-state index in [0.717, 1.165) is 6.42 Å². The van der Waals surface area contributed by atoms with Gasteiger partial charge in [-0.3, -0.25) is 9.59 Å². The van der Waals surface area contributed by atoms with Gasteiger partial charge in [-0.25, -0.2) is 0 Å². The molecule has 2 aliphatic rings. The van der Waals surface area contributed by atoms with Gasteiger partial charge in [-0.2, -0.15) is 0 Å². The highest BCUT2D eigenvalue weighted by atomic mass is 16.2. The van der Waals surface area contributed by atoms with Crippen LogP contribution in [0.3, 0.4) is 0 Å². The van der Waals surface area contributed by atoms with E-state index in [4.69, 9.17) is 0 Å². The van der Waals surface area contributed by atoms with Gasteiger partial charge < -0.3 is 10.6 Å². The van der Waals surface area contributed by atoms with Crippen LogP contribution >= 0.6 is 0 Å². The third-order valence-corrected chi connectivity index (χ3v) is 4.89. The SMILES string of the molecule is CC1(C)C(C(=O)NC2CCC(=O)NC2)C1(C)C. The molecule has 1 saturated heterocycles. The zero-order valence-electron chi connectivity index (χ0n) is 11.1. The van der Waals surface area contributed by atoms with E-state index in [2.05, 4.69) is 38.3 Å². The summed E-state index contributed by atoms with van der Waals surface area (Å²) < 4.78 is 0. The number of nitrogens with one attached hydrogen (secondary N) is 2. The lowest BCUT2D eigenvalue weighted by atomic mass is 10.0. The Morgan fingerprint density at radius 3 is 2.29 bits per heavy atom. The first kappa shape index (κ1) is 12.4. The van der Waals surface area contributed by atoms with Crippen LogP contribution in [0.15, 0.2) is 0 Å². The molecule has 2 fully saturated rings. The van der Waals surface area contributed by atoms with E-state index in [9.17, 15) is 9.59 Å². The summed E-state index contributed by atoms with van der Waals surface area (Å²) in [7, 11) is 0. The first-order valence-corrected chi connectivity index (χ1v) is 6.34. The zero-order chi connectivity index (χ0) is 12.8. The van der Waals surface area contributed by atoms with Gasteiger partial charge in [-0.15, -0.1) is 0 Å². The summed E-state index contributed by atoms with van der Waals surface area (Å²) in [5.74, 6) is 0.316. The van der Waals surface area contributed by atoms with Crippen molar-refractivity contribution in [2.24, 2.45) is 16.7 Å². The lowest BCUT2D eigenvalue weighted by Gasteiger charge is -2.23. The molecule has 0 aromatic rings. The molecular formula is C13H22N2O2. The Morgan fingerprint density at radius 1 is 1.29 bits per heavy atom. The molecule has 1 atom stereocenters. The van der Waals surface area contributed by atoms with E-state index < -0.39 is 0 Å². The van der Waals surface area contributed by atoms with Crippen molar-refractivity contribution in [1.29, 1.82) is 0 Å². The normalized spacial score (nSPS) is 30.6. The van der Waals surface area contributed by atoms with Crippen molar-refractivity contribution in [3.63, 3.8) is 0 Å². The smallest absolute Gasteiger partial charge is 0.224 e. The van der Waals surface area contributed by atoms with E-state index in [1.54, 1.807) is 0 Å². The summed E-state index contributed by atoms with van der Waals surface area (Å²) in [6.07, 6.45) is 1.27. The van der Waals surface area contributed by atoms with E-state index in [1.165, 1.54) is 0 Å². The van der Waals surface area contributed by atoms with Gasteiger partial charge in [0.1, 0.15) is 0 Å². The van der Waals surface area contributed by atoms with Crippen LogP contribution in [0.5, 0.6) is 0 Å². The standard InChI is InChI=1S/C13H22N2O2/c1-12(2)10(13(12,3)4)11(17)15-8-5-6-9(16)14-7-8/h8,10H,5-7H2,1-4H3,(H,14,16)(H,15,17). The number of carbonyl (C=O) groups is 2. The Morgan fingerprint density at radius 2 is 1.88 bits per heavy atom. The largest absolute Gasteiger partial charge is 0.354 e. The van der Waals surface area contributed by atoms with E-state index in [-0.39, 0.29) is 34.6 Å². The number of hydrogen-bond acceptors (Lipinski definition) is 2. The Labute approximate surface area is 103 Å². The number of piperidine rings is 1. The molecular weight excluding hydrogens is 216 g/mol. The maximum atomic E-state index is 12.2. The predicted octanol–water partition coefficient (Wildman–Crippen LogP) is 1.06. The summed E-state index contributed by atoms with van der Waals surface area (Å²) >= 11 is 0. The third-order valence-electron chi connectivity index (χ3n) is 4.89. The molecule has 4 heteroatoms. The second-order valence-electron chi connectivity index (χ2n) is 6.42. The van der Waals surface area contributed by atoms with Gasteiger partial charge in [0.2, 0.25) is 11.8 Å². The van der Waals surface area contributed by atoms with E-state index in [0.29, 0.717) is 13.0 Å². The summed E-state index contributed by atoms with van der Waals surface area (Å²) in [6.45, 7) is 9.12. The summed E-state index contributed by atoms with van der Waals surface area (Å²) in [6, 6.07) is 0.104. The Kier molecular flexibility index (Phi) is 2.71. The van der Waals surface area contributed by atoms with Crippen LogP contribution in [0.4, 0.5) is 0 Å². The molecule has 96 valence electrons. The molecule has 2 rings (SSSR count). The molecule has 4 nitrogen and oxygen atoms in total. The summed E-state index contributed by atoms with van der Waals surface area (Å²) in [5.41, 5.74) is 0.157. The van der Waals surface area contributed by atoms with Crippen molar-refractivity contribution in [1.82, 2.24) is 10.6 Å². The first-order valence-electron chi connectivity index (χ1n) is 6.34. The molecule has 0 radical (unpaired) electrons. The highest BCUT2D eigenvalue weighted by Crippen LogP contribution is 2.68. The molecule has 17 heavy (non-hydrogen) atoms. The number of hydrogen-bond donors (Lipinski definition) is 2. The van der Waals surface area contributed by atoms with Gasteiger partial charge in [-0.1, -0.05) is 27.7 Å². The van der Waals surface area contributed by atoms with E-state index >= 15 is 0 Å². The van der Waals surface area contributed by atoms with Gasteiger partial charge in [0.25, 0.3) is 0 Å². The average Bonchev–Trinajstić information content (AvgIpc) is 2.61. The molecule has 1 aliphatic heterocycles. The van der Waals surface area contributed by atoms with Gasteiger partial charge >= 0.3 is 0 Å². The van der Waals surface area contributed by atoms with Crippen molar-refractivity contribution >= 4 is 11.8 Å². The first-order chi connectivity index (χ1) is 7.76. The fraction of sp³-hybridized carbons (Fsp3) is 0.846. The van der Waals surface area contributed by atoms with Crippen LogP contribution < -0.4 is 10.6 Å². The van der Waals surface area contributed by atoms with Gasteiger partial charge in [0, 0.05) is 24.9 Å². The Bertz CT molecular complexity index is 336. The minimum absolute atomic E-state index is 0.0784. The summed E-state index contributed by atoms with van der Waals surface area (Å²) in [5, 5.41) is 5.84. The second kappa shape index (κ2) is 3.72. The molecule has 1 unspecified atom stereocenters. The zero-order valence-corrected chi connectivity index (χ0v) is 11.1. The molecule has 2 amide bonds. The highest BCUT2D eigenvalue weighted by molar-refractivity contribution is 5.85. The summed E-state index contributed by atoms with van der Waals surface area (Å²) in [4.78, 5) is 23.2. The van der Waals surface area contributed by atoms with Crippen molar-refractivity contribution in [3.8, 4) is 0 Å². The van der Waals surface area contributed by atoms with Crippen LogP contribution in [-0.4, -0.2) is 24.4 Å². The quantitative estimate of drug-likeness (QED) is 0.756. The lowest BCUT2D eigenvalue weighted by molar-refractivity contribution is -0.127. The number of rotatable bonds is 2. The van der Waals surface area contributed by atoms with Gasteiger partial charge in [0.15, 0.2) is 0 Å². The minimum atomic E-state index is 0.0784. The van der Waals surface area contributed by atoms with Gasteiger partial charge in [0.05, 0.1) is 0 Å². The molecule has 0 spiro atoms. The Balaban J connectivity index is 1.89. The van der Waals surface area contributed by atoms with Crippen molar-refractivity contribution in [3.05, 3.63) is 0 Å². The minimum Gasteiger partial charge on any atom is -0.354 e. The molecule has 1 saturated carbocycles. The van der Waals surface area contributed by atoms with Crippen LogP contribution in [0.25, 0.3) is 0 Å². The molecule has 0 aromatic heterocycles. The number of carbonyl (C=O) groups excluding carboxylic acids is 2. The van der Waals surface area contributed by atoms with E-state index in [1.807, 2.05) is 0 Å². The van der Waals surface area contributed by atoms with Gasteiger partial charge in [-0.05, 0) is 17.3 Å². The fourth-order valence-corrected chi connectivity index (χ4v) is 2.99. The molecule has 0 aromatic carbocycles. The lowest BCUT2D eigenvalue weighted by Crippen LogP contribution is -2.48. The topological polar surface area (TPSA) is 58.2 Å². The molecule has 2 N–H and O–H groups in total. The van der Waals surface area contributed by atoms with Crippen molar-refractivity contribution in [2.75, 3.05) is 6.54 Å². The van der Waals surface area contributed by atoms with Crippen molar-refractivity contribution in [2.45, 2.75) is 46.6 Å². The van der Waals surface area contributed by atoms with Crippen LogP contribution in [0.1, 0.15) is 40.5 Å². The molecule has 1 heterocycles. The van der Waals surface area contributed by atoms with Crippen molar-refractivity contribution < 1.29 is 9.59 Å². The highest BCUT2D eigenvalue weighted by Gasteiger charge is 2.68. The maximum Gasteiger partial charge on any atom is 0.224 e. The fourth-order valence-electron chi connectivity index (χ4n) is 2.99. The third kappa shape index (κ3) is 1.94. The second-order valence-corrected chi connectivity index (χ2v) is 6.42. The Hall–Kier alpha value is -1.06. The van der Waals surface area contributed by atoms with Crippen LogP contribution in [0, 0.1) is 16.7 Å². The maximum absolute atomic E-state index is 12.2. The van der Waals surface area contributed by atoms with Crippen LogP contribution in [-0.2, 0) is 9.59 Å². The monoisotopic (exact) mass is 238 g/mol. The average molecular weight is 238 g/mol. The molecule has 0 bridgehead atoms.